The highest BCUT2D eigenvalue weighted by molar-refractivity contribution is 5.66. The van der Waals surface area contributed by atoms with E-state index in [0.29, 0.717) is 19.5 Å². The maximum absolute atomic E-state index is 10.7. The van der Waals surface area contributed by atoms with Gasteiger partial charge < -0.3 is 14.4 Å². The third kappa shape index (κ3) is 4.67. The van der Waals surface area contributed by atoms with Gasteiger partial charge in [0.25, 0.3) is 0 Å². The summed E-state index contributed by atoms with van der Waals surface area (Å²) in [6.07, 6.45) is 1.68. The second-order valence-electron chi connectivity index (χ2n) is 4.98. The summed E-state index contributed by atoms with van der Waals surface area (Å²) >= 11 is 0. The number of nitrogens with zero attached hydrogens (tertiary/aromatic N) is 1. The van der Waals surface area contributed by atoms with Gasteiger partial charge in [0.15, 0.2) is 0 Å². The molecule has 0 aliphatic heterocycles. The standard InChI is InChI=1S/C17H21NO3/c1-2-15-10-11-16(21-15)13-18(12-6-9-17(19)20)14-7-4-3-5-8-14/h3-5,7-8,10-11H,2,6,9,12-13H2,1H3,(H,19,20). The second kappa shape index (κ2) is 7.53. The number of anilines is 1. The Morgan fingerprint density at radius 1 is 1.14 bits per heavy atom. The molecule has 1 N–H and O–H groups in total. The molecule has 0 aliphatic rings. The fourth-order valence-electron chi connectivity index (χ4n) is 2.24. The Balaban J connectivity index is 2.05. The van der Waals surface area contributed by atoms with Gasteiger partial charge >= 0.3 is 5.97 Å². The van der Waals surface area contributed by atoms with Crippen LogP contribution in [0.3, 0.4) is 0 Å². The first-order chi connectivity index (χ1) is 10.2. The van der Waals surface area contributed by atoms with Crippen LogP contribution in [0.5, 0.6) is 0 Å². The lowest BCUT2D eigenvalue weighted by molar-refractivity contribution is -0.137. The third-order valence-corrected chi connectivity index (χ3v) is 3.35. The summed E-state index contributed by atoms with van der Waals surface area (Å²) in [4.78, 5) is 12.8. The predicted molar refractivity (Wildman–Crippen MR) is 82.4 cm³/mol. The molecule has 1 aromatic heterocycles. The summed E-state index contributed by atoms with van der Waals surface area (Å²) in [5, 5.41) is 8.78. The van der Waals surface area contributed by atoms with Crippen molar-refractivity contribution in [3.8, 4) is 0 Å². The summed E-state index contributed by atoms with van der Waals surface area (Å²) in [6, 6.07) is 14.0. The number of carboxylic acid groups (broad SMARTS) is 1. The van der Waals surface area contributed by atoms with E-state index in [0.717, 1.165) is 23.6 Å². The number of hydrogen-bond donors (Lipinski definition) is 1. The molecule has 4 heteroatoms. The molecule has 0 radical (unpaired) electrons. The van der Waals surface area contributed by atoms with E-state index >= 15 is 0 Å². The van der Waals surface area contributed by atoms with Crippen molar-refractivity contribution in [1.29, 1.82) is 0 Å². The molecule has 1 heterocycles. The van der Waals surface area contributed by atoms with Gasteiger partial charge in [0.1, 0.15) is 11.5 Å². The molecule has 0 atom stereocenters. The largest absolute Gasteiger partial charge is 0.481 e. The first kappa shape index (κ1) is 15.2. The quantitative estimate of drug-likeness (QED) is 0.804. The molecule has 0 aliphatic carbocycles. The Kier molecular flexibility index (Phi) is 5.43. The lowest BCUT2D eigenvalue weighted by Gasteiger charge is -2.23. The van der Waals surface area contributed by atoms with Crippen molar-refractivity contribution in [2.24, 2.45) is 0 Å². The zero-order valence-electron chi connectivity index (χ0n) is 12.3. The number of carbonyl (C=O) groups is 1. The first-order valence-electron chi connectivity index (χ1n) is 7.28. The van der Waals surface area contributed by atoms with Gasteiger partial charge in [0.2, 0.25) is 0 Å². The molecule has 0 bridgehead atoms. The number of rotatable bonds is 8. The van der Waals surface area contributed by atoms with Crippen LogP contribution in [0.25, 0.3) is 0 Å². The van der Waals surface area contributed by atoms with Gasteiger partial charge in [-0.2, -0.15) is 0 Å². The molecule has 2 aromatic rings. The maximum atomic E-state index is 10.7. The second-order valence-corrected chi connectivity index (χ2v) is 4.98. The summed E-state index contributed by atoms with van der Waals surface area (Å²) in [6.45, 7) is 3.41. The van der Waals surface area contributed by atoms with Crippen molar-refractivity contribution < 1.29 is 14.3 Å². The van der Waals surface area contributed by atoms with E-state index < -0.39 is 5.97 Å². The molecular weight excluding hydrogens is 266 g/mol. The summed E-state index contributed by atoms with van der Waals surface area (Å²) < 4.78 is 5.75. The SMILES string of the molecule is CCc1ccc(CN(CCCC(=O)O)c2ccccc2)o1. The molecule has 2 rings (SSSR count). The van der Waals surface area contributed by atoms with Gasteiger partial charge in [-0.15, -0.1) is 0 Å². The van der Waals surface area contributed by atoms with Crippen LogP contribution in [0, 0.1) is 0 Å². The highest BCUT2D eigenvalue weighted by atomic mass is 16.4. The van der Waals surface area contributed by atoms with Crippen LogP contribution in [0.15, 0.2) is 46.9 Å². The summed E-state index contributed by atoms with van der Waals surface area (Å²) in [5.74, 6) is 1.13. The molecule has 112 valence electrons. The Morgan fingerprint density at radius 3 is 2.48 bits per heavy atom. The van der Waals surface area contributed by atoms with Crippen LogP contribution in [0.4, 0.5) is 5.69 Å². The topological polar surface area (TPSA) is 53.7 Å². The molecular formula is C17H21NO3. The third-order valence-electron chi connectivity index (χ3n) is 3.35. The van der Waals surface area contributed by atoms with Crippen molar-refractivity contribution in [2.45, 2.75) is 32.7 Å². The molecule has 0 saturated carbocycles. The maximum Gasteiger partial charge on any atom is 0.303 e. The van der Waals surface area contributed by atoms with Gasteiger partial charge in [0.05, 0.1) is 6.54 Å². The molecule has 0 saturated heterocycles. The number of para-hydroxylation sites is 1. The number of carboxylic acids is 1. The Morgan fingerprint density at radius 2 is 1.86 bits per heavy atom. The molecule has 1 aromatic carbocycles. The predicted octanol–water partition coefficient (Wildman–Crippen LogP) is 3.71. The minimum Gasteiger partial charge on any atom is -0.481 e. The van der Waals surface area contributed by atoms with E-state index in [-0.39, 0.29) is 6.42 Å². The van der Waals surface area contributed by atoms with Gasteiger partial charge in [0, 0.05) is 25.1 Å². The lowest BCUT2D eigenvalue weighted by Crippen LogP contribution is -2.24. The van der Waals surface area contributed by atoms with Crippen molar-refractivity contribution in [2.75, 3.05) is 11.4 Å². The molecule has 0 unspecified atom stereocenters. The van der Waals surface area contributed by atoms with E-state index in [1.54, 1.807) is 0 Å². The average Bonchev–Trinajstić information content (AvgIpc) is 2.94. The van der Waals surface area contributed by atoms with E-state index in [4.69, 9.17) is 9.52 Å². The van der Waals surface area contributed by atoms with Crippen LogP contribution in [-0.2, 0) is 17.8 Å². The van der Waals surface area contributed by atoms with Gasteiger partial charge in [-0.25, -0.2) is 0 Å². The van der Waals surface area contributed by atoms with Crippen molar-refractivity contribution in [3.05, 3.63) is 54.0 Å². The lowest BCUT2D eigenvalue weighted by atomic mass is 10.2. The minimum absolute atomic E-state index is 0.182. The average molecular weight is 287 g/mol. The highest BCUT2D eigenvalue weighted by Gasteiger charge is 2.10. The van der Waals surface area contributed by atoms with Crippen molar-refractivity contribution in [1.82, 2.24) is 0 Å². The Bertz CT molecular complexity index is 562. The monoisotopic (exact) mass is 287 g/mol. The molecule has 0 fully saturated rings. The number of hydrogen-bond acceptors (Lipinski definition) is 3. The number of furan rings is 1. The normalized spacial score (nSPS) is 10.5. The summed E-state index contributed by atoms with van der Waals surface area (Å²) in [5.41, 5.74) is 1.08. The minimum atomic E-state index is -0.755. The van der Waals surface area contributed by atoms with E-state index in [9.17, 15) is 4.79 Å². The molecule has 21 heavy (non-hydrogen) atoms. The van der Waals surface area contributed by atoms with Crippen LogP contribution in [0.1, 0.15) is 31.3 Å². The summed E-state index contributed by atoms with van der Waals surface area (Å²) in [7, 11) is 0. The number of aryl methyl sites for hydroxylation is 1. The van der Waals surface area contributed by atoms with Crippen LogP contribution >= 0.6 is 0 Å². The van der Waals surface area contributed by atoms with Crippen molar-refractivity contribution in [3.63, 3.8) is 0 Å². The van der Waals surface area contributed by atoms with Crippen LogP contribution in [-0.4, -0.2) is 17.6 Å². The Labute approximate surface area is 125 Å². The van der Waals surface area contributed by atoms with E-state index in [2.05, 4.69) is 11.8 Å². The van der Waals surface area contributed by atoms with Crippen LogP contribution < -0.4 is 4.90 Å². The molecule has 4 nitrogen and oxygen atoms in total. The fourth-order valence-corrected chi connectivity index (χ4v) is 2.24. The zero-order chi connectivity index (χ0) is 15.1. The smallest absolute Gasteiger partial charge is 0.303 e. The number of benzene rings is 1. The van der Waals surface area contributed by atoms with E-state index in [1.165, 1.54) is 0 Å². The van der Waals surface area contributed by atoms with Crippen LogP contribution in [0.2, 0.25) is 0 Å². The van der Waals surface area contributed by atoms with Gasteiger partial charge in [-0.1, -0.05) is 25.1 Å². The van der Waals surface area contributed by atoms with Crippen molar-refractivity contribution >= 4 is 11.7 Å². The van der Waals surface area contributed by atoms with Gasteiger partial charge in [-0.05, 0) is 30.7 Å². The van der Waals surface area contributed by atoms with E-state index in [1.807, 2.05) is 42.5 Å². The Hall–Kier alpha value is -2.23. The molecule has 0 amide bonds. The first-order valence-corrected chi connectivity index (χ1v) is 7.28. The zero-order valence-corrected chi connectivity index (χ0v) is 12.3. The molecule has 0 spiro atoms. The number of aliphatic carboxylic acids is 1. The fraction of sp³-hybridized carbons (Fsp3) is 0.353. The van der Waals surface area contributed by atoms with Gasteiger partial charge in [-0.3, -0.25) is 4.79 Å². The highest BCUT2D eigenvalue weighted by Crippen LogP contribution is 2.19.